The summed E-state index contributed by atoms with van der Waals surface area (Å²) in [5, 5.41) is 3.63. The highest BCUT2D eigenvalue weighted by molar-refractivity contribution is 7.22. The van der Waals surface area contributed by atoms with E-state index >= 15 is 0 Å². The van der Waals surface area contributed by atoms with E-state index in [4.69, 9.17) is 5.73 Å². The van der Waals surface area contributed by atoms with Crippen molar-refractivity contribution < 1.29 is 4.79 Å². The average Bonchev–Trinajstić information content (AvgIpc) is 2.84. The summed E-state index contributed by atoms with van der Waals surface area (Å²) in [5.41, 5.74) is 7.49. The Bertz CT molecular complexity index is 659. The molecule has 0 spiro atoms. The Balaban J connectivity index is 1.68. The van der Waals surface area contributed by atoms with E-state index in [0.29, 0.717) is 10.7 Å². The van der Waals surface area contributed by atoms with Crippen molar-refractivity contribution in [3.8, 4) is 0 Å². The number of nitrogens with one attached hydrogen (secondary N) is 1. The highest BCUT2D eigenvalue weighted by atomic mass is 32.1. The van der Waals surface area contributed by atoms with Crippen LogP contribution in [0.5, 0.6) is 0 Å². The first-order valence-corrected chi connectivity index (χ1v) is 8.32. The molecule has 112 valence electrons. The van der Waals surface area contributed by atoms with E-state index in [-0.39, 0.29) is 11.3 Å². The Labute approximate surface area is 128 Å². The fraction of sp³-hybridized carbons (Fsp3) is 0.500. The number of hydrogen-bond acceptors (Lipinski definition) is 4. The molecular formula is C16H21N3OS. The van der Waals surface area contributed by atoms with Gasteiger partial charge >= 0.3 is 0 Å². The lowest BCUT2D eigenvalue weighted by Gasteiger charge is -2.33. The Morgan fingerprint density at radius 2 is 2.14 bits per heavy atom. The number of benzene rings is 1. The molecule has 1 aliphatic carbocycles. The van der Waals surface area contributed by atoms with Gasteiger partial charge in [0.1, 0.15) is 0 Å². The first kappa shape index (κ1) is 14.3. The molecule has 0 bridgehead atoms. The van der Waals surface area contributed by atoms with Gasteiger partial charge in [-0.15, -0.1) is 0 Å². The van der Waals surface area contributed by atoms with Crippen LogP contribution in [0.25, 0.3) is 10.2 Å². The van der Waals surface area contributed by atoms with Crippen molar-refractivity contribution in [2.45, 2.75) is 39.0 Å². The van der Waals surface area contributed by atoms with Crippen molar-refractivity contribution in [3.05, 3.63) is 23.8 Å². The lowest BCUT2D eigenvalue weighted by atomic mass is 9.76. The average molecular weight is 303 g/mol. The van der Waals surface area contributed by atoms with E-state index in [1.165, 1.54) is 43.4 Å². The molecule has 1 amide bonds. The molecule has 3 N–H and O–H groups in total. The second-order valence-corrected chi connectivity index (χ2v) is 7.35. The number of nitrogen functional groups attached to an aromatic ring is 1. The predicted octanol–water partition coefficient (Wildman–Crippen LogP) is 3.58. The molecule has 1 fully saturated rings. The molecule has 1 heterocycles. The SMILES string of the molecule is CC1(CNC(=O)c2ccc3nc(N)sc3c2)CCCCC1. The molecule has 0 unspecified atom stereocenters. The van der Waals surface area contributed by atoms with Crippen LogP contribution < -0.4 is 11.1 Å². The quantitative estimate of drug-likeness (QED) is 0.910. The third kappa shape index (κ3) is 3.18. The summed E-state index contributed by atoms with van der Waals surface area (Å²) >= 11 is 1.42. The van der Waals surface area contributed by atoms with Crippen molar-refractivity contribution in [3.63, 3.8) is 0 Å². The fourth-order valence-electron chi connectivity index (χ4n) is 3.06. The van der Waals surface area contributed by atoms with E-state index in [2.05, 4.69) is 17.2 Å². The van der Waals surface area contributed by atoms with E-state index < -0.39 is 0 Å². The molecule has 2 aromatic rings. The molecule has 1 aromatic heterocycles. The summed E-state index contributed by atoms with van der Waals surface area (Å²) in [7, 11) is 0. The summed E-state index contributed by atoms with van der Waals surface area (Å²) < 4.78 is 0.962. The zero-order chi connectivity index (χ0) is 14.9. The molecule has 5 heteroatoms. The largest absolute Gasteiger partial charge is 0.375 e. The van der Waals surface area contributed by atoms with Crippen molar-refractivity contribution in [1.82, 2.24) is 10.3 Å². The molecule has 0 atom stereocenters. The van der Waals surface area contributed by atoms with Crippen molar-refractivity contribution in [2.75, 3.05) is 12.3 Å². The maximum Gasteiger partial charge on any atom is 0.251 e. The van der Waals surface area contributed by atoms with Crippen LogP contribution in [0.2, 0.25) is 0 Å². The summed E-state index contributed by atoms with van der Waals surface area (Å²) in [6, 6.07) is 5.56. The Morgan fingerprint density at radius 1 is 1.38 bits per heavy atom. The highest BCUT2D eigenvalue weighted by Gasteiger charge is 2.27. The second kappa shape index (κ2) is 5.64. The molecule has 1 aliphatic rings. The van der Waals surface area contributed by atoms with E-state index in [1.54, 1.807) is 0 Å². The maximum atomic E-state index is 12.3. The molecule has 0 aliphatic heterocycles. The normalized spacial score (nSPS) is 17.8. The van der Waals surface area contributed by atoms with Crippen LogP contribution in [0.15, 0.2) is 18.2 Å². The number of carbonyl (C=O) groups excluding carboxylic acids is 1. The monoisotopic (exact) mass is 303 g/mol. The second-order valence-electron chi connectivity index (χ2n) is 6.29. The number of hydrogen-bond donors (Lipinski definition) is 2. The number of thiazole rings is 1. The van der Waals surface area contributed by atoms with E-state index in [1.807, 2.05) is 18.2 Å². The Morgan fingerprint density at radius 3 is 2.90 bits per heavy atom. The number of carbonyl (C=O) groups is 1. The van der Waals surface area contributed by atoms with Crippen molar-refractivity contribution in [2.24, 2.45) is 5.41 Å². The van der Waals surface area contributed by atoms with Crippen LogP contribution in [0.3, 0.4) is 0 Å². The third-order valence-electron chi connectivity index (χ3n) is 4.40. The number of nitrogens with zero attached hydrogens (tertiary/aromatic N) is 1. The van der Waals surface area contributed by atoms with Gasteiger partial charge in [0.15, 0.2) is 5.13 Å². The molecule has 0 saturated heterocycles. The van der Waals surface area contributed by atoms with Gasteiger partial charge in [0.2, 0.25) is 0 Å². The zero-order valence-electron chi connectivity index (χ0n) is 12.3. The lowest BCUT2D eigenvalue weighted by Crippen LogP contribution is -2.37. The van der Waals surface area contributed by atoms with Crippen molar-refractivity contribution in [1.29, 1.82) is 0 Å². The first-order valence-electron chi connectivity index (χ1n) is 7.50. The summed E-state index contributed by atoms with van der Waals surface area (Å²) in [6.07, 6.45) is 6.29. The van der Waals surface area contributed by atoms with Crippen LogP contribution in [0.4, 0.5) is 5.13 Å². The first-order chi connectivity index (χ1) is 10.1. The molecule has 4 nitrogen and oxygen atoms in total. The number of anilines is 1. The van der Waals surface area contributed by atoms with Crippen LogP contribution in [-0.2, 0) is 0 Å². The molecule has 3 rings (SSSR count). The summed E-state index contributed by atoms with van der Waals surface area (Å²) in [5.74, 6) is -0.00401. The molecule has 1 saturated carbocycles. The topological polar surface area (TPSA) is 68.0 Å². The molecular weight excluding hydrogens is 282 g/mol. The van der Waals surface area contributed by atoms with Crippen LogP contribution >= 0.6 is 11.3 Å². The smallest absolute Gasteiger partial charge is 0.251 e. The number of amides is 1. The lowest BCUT2D eigenvalue weighted by molar-refractivity contribution is 0.0919. The Kier molecular flexibility index (Phi) is 3.85. The maximum absolute atomic E-state index is 12.3. The summed E-state index contributed by atoms with van der Waals surface area (Å²) in [4.78, 5) is 16.5. The minimum absolute atomic E-state index is 0.00401. The molecule has 1 aromatic carbocycles. The van der Waals surface area contributed by atoms with Gasteiger partial charge in [-0.1, -0.05) is 37.5 Å². The number of rotatable bonds is 3. The van der Waals surface area contributed by atoms with Crippen LogP contribution in [0, 0.1) is 5.41 Å². The minimum atomic E-state index is -0.00401. The Hall–Kier alpha value is -1.62. The number of aromatic nitrogens is 1. The minimum Gasteiger partial charge on any atom is -0.375 e. The van der Waals surface area contributed by atoms with E-state index in [9.17, 15) is 4.79 Å². The summed E-state index contributed by atoms with van der Waals surface area (Å²) in [6.45, 7) is 3.04. The van der Waals surface area contributed by atoms with Crippen molar-refractivity contribution >= 4 is 32.6 Å². The van der Waals surface area contributed by atoms with Gasteiger partial charge in [-0.3, -0.25) is 4.79 Å². The standard InChI is InChI=1S/C16H21N3OS/c1-16(7-3-2-4-8-16)10-18-14(20)11-5-6-12-13(9-11)21-15(17)19-12/h5-6,9H,2-4,7-8,10H2,1H3,(H2,17,19)(H,18,20). The zero-order valence-corrected chi connectivity index (χ0v) is 13.1. The molecule has 0 radical (unpaired) electrons. The van der Waals surface area contributed by atoms with Gasteiger partial charge in [-0.05, 0) is 36.5 Å². The van der Waals surface area contributed by atoms with Gasteiger partial charge in [0.25, 0.3) is 5.91 Å². The van der Waals surface area contributed by atoms with Crippen LogP contribution in [-0.4, -0.2) is 17.4 Å². The number of nitrogens with two attached hydrogens (primary N) is 1. The van der Waals surface area contributed by atoms with Gasteiger partial charge in [-0.2, -0.15) is 0 Å². The number of fused-ring (bicyclic) bond motifs is 1. The van der Waals surface area contributed by atoms with Gasteiger partial charge in [0, 0.05) is 12.1 Å². The third-order valence-corrected chi connectivity index (χ3v) is 5.25. The molecule has 21 heavy (non-hydrogen) atoms. The van der Waals surface area contributed by atoms with E-state index in [0.717, 1.165) is 16.8 Å². The highest BCUT2D eigenvalue weighted by Crippen LogP contribution is 2.35. The predicted molar refractivity (Wildman–Crippen MR) is 87.6 cm³/mol. The van der Waals surface area contributed by atoms with Gasteiger partial charge in [-0.25, -0.2) is 4.98 Å². The van der Waals surface area contributed by atoms with Gasteiger partial charge < -0.3 is 11.1 Å². The van der Waals surface area contributed by atoms with Crippen LogP contribution in [0.1, 0.15) is 49.4 Å². The van der Waals surface area contributed by atoms with Gasteiger partial charge in [0.05, 0.1) is 10.2 Å². The fourth-order valence-corrected chi connectivity index (χ4v) is 3.83.